The van der Waals surface area contributed by atoms with Crippen LogP contribution >= 0.6 is 11.6 Å². The number of carbonyl (C=O) groups is 2. The van der Waals surface area contributed by atoms with Gasteiger partial charge in [-0.05, 0) is 36.8 Å². The molecule has 0 saturated carbocycles. The number of methoxy groups -OCH3 is 1. The second-order valence-electron chi connectivity index (χ2n) is 6.44. The number of fused-ring (bicyclic) bond motifs is 1. The number of rotatable bonds is 7. The number of ether oxygens (including phenoxy) is 2. The zero-order valence-electron chi connectivity index (χ0n) is 16.0. The van der Waals surface area contributed by atoms with Crippen LogP contribution in [-0.4, -0.2) is 30.4 Å². The molecule has 0 fully saturated rings. The summed E-state index contributed by atoms with van der Waals surface area (Å²) < 4.78 is 10.9. The van der Waals surface area contributed by atoms with Gasteiger partial charge in [-0.15, -0.1) is 0 Å². The van der Waals surface area contributed by atoms with Crippen molar-refractivity contribution in [2.75, 3.05) is 13.7 Å². The van der Waals surface area contributed by atoms with Crippen LogP contribution < -0.4 is 15.2 Å². The second kappa shape index (κ2) is 8.41. The maximum atomic E-state index is 13.2. The molecule has 2 atom stereocenters. The van der Waals surface area contributed by atoms with Gasteiger partial charge in [-0.2, -0.15) is 5.26 Å². The Kier molecular flexibility index (Phi) is 5.95. The Morgan fingerprint density at radius 3 is 2.72 bits per heavy atom. The molecular weight excluding hydrogens is 394 g/mol. The monoisotopic (exact) mass is 413 g/mol. The molecule has 29 heavy (non-hydrogen) atoms. The van der Waals surface area contributed by atoms with Gasteiger partial charge in [0.05, 0.1) is 32.2 Å². The van der Waals surface area contributed by atoms with Crippen LogP contribution in [0.1, 0.15) is 46.9 Å². The lowest BCUT2D eigenvalue weighted by Crippen LogP contribution is -2.39. The minimum absolute atomic E-state index is 0.0426. The highest BCUT2D eigenvalue weighted by atomic mass is 35.5. The summed E-state index contributed by atoms with van der Waals surface area (Å²) in [6.45, 7) is 2.25. The number of nitrogens with two attached hydrogens (primary N) is 1. The van der Waals surface area contributed by atoms with Crippen molar-refractivity contribution in [3.8, 4) is 17.6 Å². The van der Waals surface area contributed by atoms with E-state index in [1.807, 2.05) is 6.92 Å². The van der Waals surface area contributed by atoms with E-state index < -0.39 is 23.9 Å². The van der Waals surface area contributed by atoms with Crippen LogP contribution in [0.25, 0.3) is 0 Å². The van der Waals surface area contributed by atoms with Gasteiger partial charge in [-0.25, -0.2) is 0 Å². The van der Waals surface area contributed by atoms with Gasteiger partial charge in [0.2, 0.25) is 5.91 Å². The lowest BCUT2D eigenvalue weighted by Gasteiger charge is -2.31. The molecule has 0 saturated heterocycles. The Balaban J connectivity index is 2.13. The lowest BCUT2D eigenvalue weighted by molar-refractivity contribution is -0.123. The van der Waals surface area contributed by atoms with E-state index in [1.165, 1.54) is 12.0 Å². The molecule has 2 amide bonds. The molecule has 2 aromatic rings. The highest BCUT2D eigenvalue weighted by Crippen LogP contribution is 2.44. The molecule has 0 aliphatic carbocycles. The number of benzene rings is 2. The van der Waals surface area contributed by atoms with Gasteiger partial charge in [0.25, 0.3) is 5.91 Å². The van der Waals surface area contributed by atoms with Gasteiger partial charge < -0.3 is 20.1 Å². The van der Waals surface area contributed by atoms with Crippen molar-refractivity contribution in [2.45, 2.75) is 25.4 Å². The van der Waals surface area contributed by atoms with Crippen molar-refractivity contribution in [2.24, 2.45) is 5.73 Å². The first-order valence-electron chi connectivity index (χ1n) is 9.02. The predicted octanol–water partition coefficient (Wildman–Crippen LogP) is 3.38. The van der Waals surface area contributed by atoms with Crippen molar-refractivity contribution in [1.29, 1.82) is 5.26 Å². The van der Waals surface area contributed by atoms with E-state index in [1.54, 1.807) is 36.4 Å². The highest BCUT2D eigenvalue weighted by Gasteiger charge is 2.45. The van der Waals surface area contributed by atoms with Crippen molar-refractivity contribution >= 4 is 23.4 Å². The number of carbonyl (C=O) groups excluding carboxylic acids is 2. The summed E-state index contributed by atoms with van der Waals surface area (Å²) in [4.78, 5) is 26.8. The maximum absolute atomic E-state index is 13.2. The molecule has 1 aliphatic heterocycles. The van der Waals surface area contributed by atoms with E-state index >= 15 is 0 Å². The van der Waals surface area contributed by atoms with E-state index in [9.17, 15) is 14.9 Å². The number of halogens is 1. The van der Waals surface area contributed by atoms with Crippen LogP contribution in [0, 0.1) is 11.3 Å². The summed E-state index contributed by atoms with van der Waals surface area (Å²) in [5, 5.41) is 9.71. The fraction of sp³-hybridized carbons (Fsp3) is 0.286. The van der Waals surface area contributed by atoms with Crippen LogP contribution in [0.5, 0.6) is 11.5 Å². The van der Waals surface area contributed by atoms with Gasteiger partial charge in [-0.1, -0.05) is 23.7 Å². The second-order valence-corrected chi connectivity index (χ2v) is 6.85. The normalized spacial score (nSPS) is 16.1. The third kappa shape index (κ3) is 3.59. The van der Waals surface area contributed by atoms with Gasteiger partial charge in [-0.3, -0.25) is 9.59 Å². The van der Waals surface area contributed by atoms with Crippen molar-refractivity contribution in [1.82, 2.24) is 4.90 Å². The number of nitriles is 1. The molecular formula is C21H20ClN3O4. The van der Waals surface area contributed by atoms with Crippen molar-refractivity contribution < 1.29 is 19.1 Å². The fourth-order valence-electron chi connectivity index (χ4n) is 3.63. The largest absolute Gasteiger partial charge is 0.493 e. The molecule has 1 aliphatic rings. The van der Waals surface area contributed by atoms with Gasteiger partial charge in [0.15, 0.2) is 11.5 Å². The van der Waals surface area contributed by atoms with Gasteiger partial charge >= 0.3 is 0 Å². The summed E-state index contributed by atoms with van der Waals surface area (Å²) in [7, 11) is 1.52. The number of hydrogen-bond donors (Lipinski definition) is 1. The topological polar surface area (TPSA) is 106 Å². The lowest BCUT2D eigenvalue weighted by atomic mass is 9.99. The Hall–Kier alpha value is -3.24. The van der Waals surface area contributed by atoms with Crippen molar-refractivity contribution in [3.05, 3.63) is 58.1 Å². The summed E-state index contributed by atoms with van der Waals surface area (Å²) >= 11 is 6.28. The number of nitrogens with zero attached hydrogens (tertiary/aromatic N) is 2. The first-order chi connectivity index (χ1) is 13.9. The van der Waals surface area contributed by atoms with E-state index in [4.69, 9.17) is 26.8 Å². The molecule has 0 spiro atoms. The molecule has 0 radical (unpaired) electrons. The minimum atomic E-state index is -1.07. The number of primary amides is 1. The Morgan fingerprint density at radius 1 is 1.34 bits per heavy atom. The van der Waals surface area contributed by atoms with Crippen LogP contribution in [0.2, 0.25) is 5.02 Å². The maximum Gasteiger partial charge on any atom is 0.255 e. The van der Waals surface area contributed by atoms with E-state index in [-0.39, 0.29) is 11.4 Å². The standard InChI is InChI=1S/C21H20ClN3O4/c1-3-29-17-11-12(7-8-16(17)28-2)15(9-10-23)25-19(20(24)26)18-13(21(25)27)5-4-6-14(18)22/h4-8,11,15,19H,3,9H2,1-2H3,(H2,24,26). The summed E-state index contributed by atoms with van der Waals surface area (Å²) in [6.07, 6.45) is -0.0426. The molecule has 1 heterocycles. The molecule has 2 unspecified atom stereocenters. The quantitative estimate of drug-likeness (QED) is 0.748. The highest BCUT2D eigenvalue weighted by molar-refractivity contribution is 6.32. The zero-order valence-corrected chi connectivity index (χ0v) is 16.8. The van der Waals surface area contributed by atoms with Crippen LogP contribution in [0.4, 0.5) is 0 Å². The Labute approximate surface area is 173 Å². The SMILES string of the molecule is CCOc1cc(C(CC#N)N2C(=O)c3cccc(Cl)c3C2C(N)=O)ccc1OC. The molecule has 0 aromatic heterocycles. The average Bonchev–Trinajstić information content (AvgIpc) is 3.00. The molecule has 2 N–H and O–H groups in total. The summed E-state index contributed by atoms with van der Waals surface area (Å²) in [6, 6.07) is 10.3. The Morgan fingerprint density at radius 2 is 2.10 bits per heavy atom. The molecule has 150 valence electrons. The fourth-order valence-corrected chi connectivity index (χ4v) is 3.91. The molecule has 3 rings (SSSR count). The molecule has 2 aromatic carbocycles. The molecule has 8 heteroatoms. The van der Waals surface area contributed by atoms with Crippen molar-refractivity contribution in [3.63, 3.8) is 0 Å². The molecule has 7 nitrogen and oxygen atoms in total. The average molecular weight is 414 g/mol. The van der Waals surface area contributed by atoms with Crippen LogP contribution in [-0.2, 0) is 4.79 Å². The van der Waals surface area contributed by atoms with E-state index in [2.05, 4.69) is 6.07 Å². The number of amides is 2. The zero-order chi connectivity index (χ0) is 21.1. The smallest absolute Gasteiger partial charge is 0.255 e. The van der Waals surface area contributed by atoms with Gasteiger partial charge in [0, 0.05) is 16.1 Å². The third-order valence-corrected chi connectivity index (χ3v) is 5.16. The first kappa shape index (κ1) is 20.5. The third-order valence-electron chi connectivity index (χ3n) is 4.83. The first-order valence-corrected chi connectivity index (χ1v) is 9.40. The van der Waals surface area contributed by atoms with E-state index in [0.717, 1.165) is 0 Å². The van der Waals surface area contributed by atoms with Gasteiger partial charge in [0.1, 0.15) is 6.04 Å². The van der Waals surface area contributed by atoms with E-state index in [0.29, 0.717) is 34.8 Å². The van der Waals surface area contributed by atoms with Crippen LogP contribution in [0.3, 0.4) is 0 Å². The minimum Gasteiger partial charge on any atom is -0.493 e. The summed E-state index contributed by atoms with van der Waals surface area (Å²) in [5.74, 6) is -0.114. The predicted molar refractivity (Wildman–Crippen MR) is 107 cm³/mol. The summed E-state index contributed by atoms with van der Waals surface area (Å²) in [5.41, 5.74) is 6.95. The Bertz CT molecular complexity index is 1000. The number of hydrogen-bond acceptors (Lipinski definition) is 5. The molecule has 0 bridgehead atoms. The van der Waals surface area contributed by atoms with Crippen LogP contribution in [0.15, 0.2) is 36.4 Å².